The third-order valence-electron chi connectivity index (χ3n) is 3.06. The summed E-state index contributed by atoms with van der Waals surface area (Å²) in [5.74, 6) is 0.176. The van der Waals surface area contributed by atoms with Crippen LogP contribution in [0.5, 0.6) is 0 Å². The average molecular weight is 320 g/mol. The van der Waals surface area contributed by atoms with Crippen LogP contribution in [0.4, 0.5) is 4.39 Å². The standard InChI is InChI=1S/C15H11BrFNO/c16-11-6-2-1-5-10(11)14(18)13-8-9-4-3-7-12(17)15(9)19-13/h1-8,14H,18H2. The minimum Gasteiger partial charge on any atom is -0.456 e. The third kappa shape index (κ3) is 2.17. The maximum atomic E-state index is 13.6. The van der Waals surface area contributed by atoms with Gasteiger partial charge in [-0.3, -0.25) is 0 Å². The average Bonchev–Trinajstić information content (AvgIpc) is 2.84. The van der Waals surface area contributed by atoms with E-state index in [-0.39, 0.29) is 11.4 Å². The predicted molar refractivity (Wildman–Crippen MR) is 76.3 cm³/mol. The van der Waals surface area contributed by atoms with Gasteiger partial charge in [-0.05, 0) is 23.8 Å². The highest BCUT2D eigenvalue weighted by molar-refractivity contribution is 9.10. The van der Waals surface area contributed by atoms with Crippen molar-refractivity contribution in [1.29, 1.82) is 0 Å². The van der Waals surface area contributed by atoms with Crippen LogP contribution in [0.1, 0.15) is 17.4 Å². The molecule has 2 aromatic carbocycles. The molecule has 0 fully saturated rings. The van der Waals surface area contributed by atoms with E-state index in [1.807, 2.05) is 24.3 Å². The number of halogens is 2. The summed E-state index contributed by atoms with van der Waals surface area (Å²) < 4.78 is 20.1. The van der Waals surface area contributed by atoms with Crippen molar-refractivity contribution in [1.82, 2.24) is 0 Å². The highest BCUT2D eigenvalue weighted by Gasteiger charge is 2.17. The van der Waals surface area contributed by atoms with Crippen molar-refractivity contribution in [3.8, 4) is 0 Å². The van der Waals surface area contributed by atoms with Gasteiger partial charge in [-0.1, -0.05) is 46.3 Å². The van der Waals surface area contributed by atoms with Crippen LogP contribution >= 0.6 is 15.9 Å². The molecule has 2 N–H and O–H groups in total. The largest absolute Gasteiger partial charge is 0.456 e. The van der Waals surface area contributed by atoms with Gasteiger partial charge in [-0.25, -0.2) is 4.39 Å². The molecule has 0 aliphatic carbocycles. The Bertz CT molecular complexity index is 738. The van der Waals surface area contributed by atoms with E-state index in [0.717, 1.165) is 15.4 Å². The molecule has 1 aromatic heterocycles. The lowest BCUT2D eigenvalue weighted by molar-refractivity contribution is 0.502. The molecule has 4 heteroatoms. The van der Waals surface area contributed by atoms with Gasteiger partial charge >= 0.3 is 0 Å². The van der Waals surface area contributed by atoms with Crippen molar-refractivity contribution in [2.24, 2.45) is 5.73 Å². The van der Waals surface area contributed by atoms with Crippen molar-refractivity contribution < 1.29 is 8.81 Å². The second-order valence-corrected chi connectivity index (χ2v) is 5.16. The number of furan rings is 1. The molecule has 2 nitrogen and oxygen atoms in total. The van der Waals surface area contributed by atoms with Crippen molar-refractivity contribution in [2.45, 2.75) is 6.04 Å². The topological polar surface area (TPSA) is 39.2 Å². The van der Waals surface area contributed by atoms with E-state index in [9.17, 15) is 4.39 Å². The number of nitrogens with two attached hydrogens (primary N) is 1. The monoisotopic (exact) mass is 319 g/mol. The number of hydrogen-bond acceptors (Lipinski definition) is 2. The molecule has 0 aliphatic heterocycles. The van der Waals surface area contributed by atoms with Gasteiger partial charge in [0, 0.05) is 9.86 Å². The Morgan fingerprint density at radius 1 is 1.11 bits per heavy atom. The van der Waals surface area contributed by atoms with Crippen LogP contribution in [0.3, 0.4) is 0 Å². The van der Waals surface area contributed by atoms with E-state index in [1.54, 1.807) is 18.2 Å². The first-order valence-electron chi connectivity index (χ1n) is 5.85. The normalized spacial score (nSPS) is 12.8. The Labute approximate surface area is 118 Å². The van der Waals surface area contributed by atoms with E-state index in [2.05, 4.69) is 15.9 Å². The lowest BCUT2D eigenvalue weighted by Crippen LogP contribution is -2.11. The summed E-state index contributed by atoms with van der Waals surface area (Å²) in [6.45, 7) is 0. The Morgan fingerprint density at radius 2 is 1.89 bits per heavy atom. The summed E-state index contributed by atoms with van der Waals surface area (Å²) in [5, 5.41) is 0.720. The first kappa shape index (κ1) is 12.4. The Balaban J connectivity index is 2.10. The van der Waals surface area contributed by atoms with Crippen molar-refractivity contribution >= 4 is 26.9 Å². The highest BCUT2D eigenvalue weighted by Crippen LogP contribution is 2.31. The maximum Gasteiger partial charge on any atom is 0.169 e. The zero-order chi connectivity index (χ0) is 13.4. The summed E-state index contributed by atoms with van der Waals surface area (Å²) in [7, 11) is 0. The Kier molecular flexibility index (Phi) is 3.12. The van der Waals surface area contributed by atoms with Crippen LogP contribution in [0.2, 0.25) is 0 Å². The molecule has 0 bridgehead atoms. The molecule has 3 aromatic rings. The molecule has 96 valence electrons. The molecule has 1 unspecified atom stereocenters. The highest BCUT2D eigenvalue weighted by atomic mass is 79.9. The molecule has 0 saturated carbocycles. The number of benzene rings is 2. The maximum absolute atomic E-state index is 13.6. The summed E-state index contributed by atoms with van der Waals surface area (Å²) in [5.41, 5.74) is 7.34. The van der Waals surface area contributed by atoms with Gasteiger partial charge in [0.15, 0.2) is 11.4 Å². The molecule has 0 aliphatic rings. The zero-order valence-corrected chi connectivity index (χ0v) is 11.5. The SMILES string of the molecule is NC(c1cc2cccc(F)c2o1)c1ccccc1Br. The first-order valence-corrected chi connectivity index (χ1v) is 6.64. The van der Waals surface area contributed by atoms with Gasteiger partial charge in [0.25, 0.3) is 0 Å². The van der Waals surface area contributed by atoms with Crippen molar-refractivity contribution in [3.63, 3.8) is 0 Å². The lowest BCUT2D eigenvalue weighted by atomic mass is 10.1. The summed E-state index contributed by atoms with van der Waals surface area (Å²) in [6.07, 6.45) is 0. The summed E-state index contributed by atoms with van der Waals surface area (Å²) >= 11 is 3.46. The Hall–Kier alpha value is -1.65. The fourth-order valence-corrected chi connectivity index (χ4v) is 2.61. The predicted octanol–water partition coefficient (Wildman–Crippen LogP) is 4.38. The van der Waals surface area contributed by atoms with E-state index < -0.39 is 6.04 Å². The van der Waals surface area contributed by atoms with Gasteiger partial charge in [0.05, 0.1) is 6.04 Å². The van der Waals surface area contributed by atoms with Gasteiger partial charge < -0.3 is 10.2 Å². The lowest BCUT2D eigenvalue weighted by Gasteiger charge is -2.10. The van der Waals surface area contributed by atoms with E-state index in [4.69, 9.17) is 10.2 Å². The molecular weight excluding hydrogens is 309 g/mol. The number of hydrogen-bond donors (Lipinski definition) is 1. The van der Waals surface area contributed by atoms with Crippen LogP contribution in [0.25, 0.3) is 11.0 Å². The van der Waals surface area contributed by atoms with Crippen LogP contribution in [0.15, 0.2) is 57.4 Å². The minimum atomic E-state index is -0.428. The third-order valence-corrected chi connectivity index (χ3v) is 3.78. The molecule has 0 radical (unpaired) electrons. The van der Waals surface area contributed by atoms with Gasteiger partial charge in [-0.15, -0.1) is 0 Å². The van der Waals surface area contributed by atoms with Gasteiger partial charge in [0.1, 0.15) is 5.76 Å². The molecule has 0 spiro atoms. The van der Waals surface area contributed by atoms with Gasteiger partial charge in [0.2, 0.25) is 0 Å². The molecule has 3 rings (SSSR count). The van der Waals surface area contributed by atoms with Crippen LogP contribution in [-0.2, 0) is 0 Å². The van der Waals surface area contributed by atoms with Crippen molar-refractivity contribution in [3.05, 3.63) is 70.1 Å². The van der Waals surface area contributed by atoms with Crippen LogP contribution < -0.4 is 5.73 Å². The smallest absolute Gasteiger partial charge is 0.169 e. The van der Waals surface area contributed by atoms with E-state index in [0.29, 0.717) is 5.76 Å². The molecule has 1 atom stereocenters. The first-order chi connectivity index (χ1) is 9.16. The van der Waals surface area contributed by atoms with Crippen LogP contribution in [0, 0.1) is 5.82 Å². The van der Waals surface area contributed by atoms with E-state index >= 15 is 0 Å². The fourth-order valence-electron chi connectivity index (χ4n) is 2.08. The molecule has 1 heterocycles. The number of fused-ring (bicyclic) bond motifs is 1. The molecular formula is C15H11BrFNO. The summed E-state index contributed by atoms with van der Waals surface area (Å²) in [6, 6.07) is 13.8. The fraction of sp³-hybridized carbons (Fsp3) is 0.0667. The minimum absolute atomic E-state index is 0.250. The second kappa shape index (κ2) is 4.79. The van der Waals surface area contributed by atoms with Crippen LogP contribution in [-0.4, -0.2) is 0 Å². The summed E-state index contributed by atoms with van der Waals surface area (Å²) in [4.78, 5) is 0. The Morgan fingerprint density at radius 3 is 2.63 bits per heavy atom. The van der Waals surface area contributed by atoms with Crippen molar-refractivity contribution in [2.75, 3.05) is 0 Å². The second-order valence-electron chi connectivity index (χ2n) is 4.31. The van der Waals surface area contributed by atoms with E-state index in [1.165, 1.54) is 6.07 Å². The zero-order valence-electron chi connectivity index (χ0n) is 9.94. The molecule has 0 amide bonds. The number of para-hydroxylation sites is 1. The number of rotatable bonds is 2. The van der Waals surface area contributed by atoms with Gasteiger partial charge in [-0.2, -0.15) is 0 Å². The quantitative estimate of drug-likeness (QED) is 0.761. The molecule has 19 heavy (non-hydrogen) atoms. The molecule has 0 saturated heterocycles.